The lowest BCUT2D eigenvalue weighted by Gasteiger charge is -2.18. The number of aromatic amines is 1. The van der Waals surface area contributed by atoms with Gasteiger partial charge in [0.2, 0.25) is 0 Å². The van der Waals surface area contributed by atoms with Gasteiger partial charge < -0.3 is 15.4 Å². The summed E-state index contributed by atoms with van der Waals surface area (Å²) in [6.45, 7) is 4.03. The lowest BCUT2D eigenvalue weighted by Crippen LogP contribution is -2.25. The second kappa shape index (κ2) is 5.99. The minimum absolute atomic E-state index is 0.0338. The number of nitrogens with zero attached hydrogens (tertiary/aromatic N) is 1. The summed E-state index contributed by atoms with van der Waals surface area (Å²) in [6.07, 6.45) is 0. The van der Waals surface area contributed by atoms with Crippen molar-refractivity contribution < 1.29 is 14.3 Å². The van der Waals surface area contributed by atoms with Gasteiger partial charge in [-0.15, -0.1) is 0 Å². The summed E-state index contributed by atoms with van der Waals surface area (Å²) >= 11 is 0. The largest absolute Gasteiger partial charge is 0.482 e. The zero-order chi connectivity index (χ0) is 16.4. The summed E-state index contributed by atoms with van der Waals surface area (Å²) in [6, 6.07) is 6.38. The van der Waals surface area contributed by atoms with Crippen LogP contribution in [0.1, 0.15) is 25.5 Å². The van der Waals surface area contributed by atoms with Crippen LogP contribution in [0.15, 0.2) is 24.3 Å². The van der Waals surface area contributed by atoms with Crippen LogP contribution in [0.4, 0.5) is 22.0 Å². The normalized spacial score (nSPS) is 13.1. The standard InChI is InChI=1S/C15H17N5O3/c1-8(2)11-6-13(20-19-11)18-15(22)16-9-3-4-10-12(5-9)23-7-14(21)17-10/h3-6,8H,7H2,1-2H3,(H,17,21)(H3,16,18,19,20,22). The molecular weight excluding hydrogens is 298 g/mol. The molecule has 2 heterocycles. The predicted molar refractivity (Wildman–Crippen MR) is 85.9 cm³/mol. The first-order valence-corrected chi connectivity index (χ1v) is 7.21. The van der Waals surface area contributed by atoms with Crippen molar-refractivity contribution in [2.45, 2.75) is 19.8 Å². The number of amides is 3. The van der Waals surface area contributed by atoms with Crippen LogP contribution in [0.25, 0.3) is 0 Å². The van der Waals surface area contributed by atoms with Crippen LogP contribution < -0.4 is 20.7 Å². The molecule has 0 aliphatic carbocycles. The topological polar surface area (TPSA) is 108 Å². The van der Waals surface area contributed by atoms with Crippen molar-refractivity contribution in [2.24, 2.45) is 0 Å². The zero-order valence-electron chi connectivity index (χ0n) is 12.8. The molecule has 0 radical (unpaired) electrons. The average Bonchev–Trinajstić information content (AvgIpc) is 2.96. The molecule has 1 aromatic heterocycles. The Morgan fingerprint density at radius 3 is 2.87 bits per heavy atom. The van der Waals surface area contributed by atoms with E-state index in [-0.39, 0.29) is 12.5 Å². The van der Waals surface area contributed by atoms with E-state index in [1.165, 1.54) is 0 Å². The van der Waals surface area contributed by atoms with E-state index in [0.29, 0.717) is 28.9 Å². The third-order valence-corrected chi connectivity index (χ3v) is 3.33. The van der Waals surface area contributed by atoms with E-state index in [1.54, 1.807) is 24.3 Å². The summed E-state index contributed by atoms with van der Waals surface area (Å²) in [7, 11) is 0. The Morgan fingerprint density at radius 2 is 2.13 bits per heavy atom. The van der Waals surface area contributed by atoms with Crippen LogP contribution in [-0.4, -0.2) is 28.7 Å². The van der Waals surface area contributed by atoms with E-state index in [4.69, 9.17) is 4.74 Å². The molecule has 0 spiro atoms. The number of ether oxygens (including phenoxy) is 1. The number of carbonyl (C=O) groups is 2. The molecule has 0 atom stereocenters. The van der Waals surface area contributed by atoms with Crippen LogP contribution in [-0.2, 0) is 4.79 Å². The zero-order valence-corrected chi connectivity index (χ0v) is 12.8. The summed E-state index contributed by atoms with van der Waals surface area (Å²) in [5.74, 6) is 1.07. The molecule has 0 fully saturated rings. The highest BCUT2D eigenvalue weighted by Crippen LogP contribution is 2.30. The third-order valence-electron chi connectivity index (χ3n) is 3.33. The van der Waals surface area contributed by atoms with E-state index in [9.17, 15) is 9.59 Å². The van der Waals surface area contributed by atoms with Gasteiger partial charge in [-0.05, 0) is 18.1 Å². The van der Waals surface area contributed by atoms with E-state index in [2.05, 4.69) is 26.1 Å². The SMILES string of the molecule is CC(C)c1cc(NC(=O)Nc2ccc3c(c2)OCC(=O)N3)n[nH]1. The molecule has 0 unspecified atom stereocenters. The monoisotopic (exact) mass is 315 g/mol. The fourth-order valence-corrected chi connectivity index (χ4v) is 2.13. The fourth-order valence-electron chi connectivity index (χ4n) is 2.13. The first kappa shape index (κ1) is 14.9. The second-order valence-electron chi connectivity index (χ2n) is 5.49. The Balaban J connectivity index is 1.64. The van der Waals surface area contributed by atoms with Gasteiger partial charge in [0.25, 0.3) is 5.91 Å². The average molecular weight is 315 g/mol. The lowest BCUT2D eigenvalue weighted by atomic mass is 10.1. The van der Waals surface area contributed by atoms with Crippen LogP contribution >= 0.6 is 0 Å². The number of H-pyrrole nitrogens is 1. The van der Waals surface area contributed by atoms with Gasteiger partial charge >= 0.3 is 6.03 Å². The smallest absolute Gasteiger partial charge is 0.324 e. The van der Waals surface area contributed by atoms with Crippen molar-refractivity contribution in [2.75, 3.05) is 22.6 Å². The number of benzene rings is 1. The molecule has 1 aliphatic rings. The maximum atomic E-state index is 12.0. The first-order chi connectivity index (χ1) is 11.0. The van der Waals surface area contributed by atoms with Gasteiger partial charge in [0.1, 0.15) is 5.75 Å². The number of aromatic nitrogens is 2. The molecule has 2 aromatic rings. The summed E-state index contributed by atoms with van der Waals surface area (Å²) in [5, 5.41) is 14.9. The number of carbonyl (C=O) groups excluding carboxylic acids is 2. The Labute approximate surface area is 132 Å². The molecule has 23 heavy (non-hydrogen) atoms. The van der Waals surface area contributed by atoms with Crippen LogP contribution in [0.2, 0.25) is 0 Å². The van der Waals surface area contributed by atoms with Crippen LogP contribution in [0, 0.1) is 0 Å². The molecule has 0 saturated heterocycles. The number of hydrogen-bond donors (Lipinski definition) is 4. The van der Waals surface area contributed by atoms with Crippen molar-refractivity contribution in [3.63, 3.8) is 0 Å². The van der Waals surface area contributed by atoms with Gasteiger partial charge in [0, 0.05) is 23.5 Å². The molecule has 8 heteroatoms. The molecule has 0 saturated carbocycles. The highest BCUT2D eigenvalue weighted by atomic mass is 16.5. The summed E-state index contributed by atoms with van der Waals surface area (Å²) < 4.78 is 5.30. The second-order valence-corrected chi connectivity index (χ2v) is 5.49. The van der Waals surface area contributed by atoms with Gasteiger partial charge in [0.05, 0.1) is 5.69 Å². The van der Waals surface area contributed by atoms with Gasteiger partial charge in [-0.3, -0.25) is 15.2 Å². The maximum Gasteiger partial charge on any atom is 0.324 e. The first-order valence-electron chi connectivity index (χ1n) is 7.21. The Kier molecular flexibility index (Phi) is 3.88. The summed E-state index contributed by atoms with van der Waals surface area (Å²) in [4.78, 5) is 23.2. The van der Waals surface area contributed by atoms with E-state index in [0.717, 1.165) is 5.69 Å². The fraction of sp³-hybridized carbons (Fsp3) is 0.267. The maximum absolute atomic E-state index is 12.0. The minimum Gasteiger partial charge on any atom is -0.482 e. The molecule has 8 nitrogen and oxygen atoms in total. The van der Waals surface area contributed by atoms with Gasteiger partial charge in [0.15, 0.2) is 12.4 Å². The third kappa shape index (κ3) is 3.42. The van der Waals surface area contributed by atoms with E-state index in [1.807, 2.05) is 13.8 Å². The molecule has 4 N–H and O–H groups in total. The number of anilines is 3. The van der Waals surface area contributed by atoms with Crippen LogP contribution in [0.3, 0.4) is 0 Å². The number of nitrogens with one attached hydrogen (secondary N) is 4. The van der Waals surface area contributed by atoms with Gasteiger partial charge in [-0.1, -0.05) is 13.8 Å². The number of rotatable bonds is 3. The number of fused-ring (bicyclic) bond motifs is 1. The van der Waals surface area contributed by atoms with E-state index >= 15 is 0 Å². The quantitative estimate of drug-likeness (QED) is 0.698. The summed E-state index contributed by atoms with van der Waals surface area (Å²) in [5.41, 5.74) is 2.08. The Bertz CT molecular complexity index is 753. The van der Waals surface area contributed by atoms with Crippen molar-refractivity contribution in [3.8, 4) is 5.75 Å². The lowest BCUT2D eigenvalue weighted by molar-refractivity contribution is -0.118. The highest BCUT2D eigenvalue weighted by Gasteiger charge is 2.16. The van der Waals surface area contributed by atoms with Crippen LogP contribution in [0.5, 0.6) is 5.75 Å². The molecular formula is C15H17N5O3. The van der Waals surface area contributed by atoms with Crippen molar-refractivity contribution in [1.29, 1.82) is 0 Å². The van der Waals surface area contributed by atoms with Crippen molar-refractivity contribution in [3.05, 3.63) is 30.0 Å². The van der Waals surface area contributed by atoms with Crippen molar-refractivity contribution in [1.82, 2.24) is 10.2 Å². The predicted octanol–water partition coefficient (Wildman–Crippen LogP) is 2.51. The molecule has 1 aliphatic heterocycles. The molecule has 120 valence electrons. The van der Waals surface area contributed by atoms with Gasteiger partial charge in [-0.25, -0.2) is 4.79 Å². The van der Waals surface area contributed by atoms with Crippen molar-refractivity contribution >= 4 is 29.1 Å². The Morgan fingerprint density at radius 1 is 1.30 bits per heavy atom. The van der Waals surface area contributed by atoms with E-state index < -0.39 is 6.03 Å². The molecule has 3 amide bonds. The molecule has 3 rings (SSSR count). The molecule has 1 aromatic carbocycles. The number of hydrogen-bond acceptors (Lipinski definition) is 4. The highest BCUT2D eigenvalue weighted by molar-refractivity contribution is 6.00. The Hall–Kier alpha value is -3.03. The minimum atomic E-state index is -0.411. The molecule has 0 bridgehead atoms. The number of urea groups is 1. The van der Waals surface area contributed by atoms with Gasteiger partial charge in [-0.2, -0.15) is 5.10 Å².